The van der Waals surface area contributed by atoms with E-state index in [2.05, 4.69) is 0 Å². The predicted octanol–water partition coefficient (Wildman–Crippen LogP) is 0.978. The van der Waals surface area contributed by atoms with Crippen LogP contribution in [0.3, 0.4) is 0 Å². The Hall–Kier alpha value is -0.750. The lowest BCUT2D eigenvalue weighted by atomic mass is 9.92. The molecule has 0 aromatic carbocycles. The summed E-state index contributed by atoms with van der Waals surface area (Å²) < 4.78 is 5.91. The van der Waals surface area contributed by atoms with E-state index >= 15 is 0 Å². The molecular formula is C15H24N2O3S. The van der Waals surface area contributed by atoms with Gasteiger partial charge in [-0.2, -0.15) is 0 Å². The number of thioether (sulfide) groups is 1. The van der Waals surface area contributed by atoms with E-state index in [1.165, 1.54) is 12.8 Å². The lowest BCUT2D eigenvalue weighted by molar-refractivity contribution is -0.137. The lowest BCUT2D eigenvalue weighted by Crippen LogP contribution is -2.60. The van der Waals surface area contributed by atoms with Crippen LogP contribution in [0.15, 0.2) is 0 Å². The Bertz CT molecular complexity index is 431. The lowest BCUT2D eigenvalue weighted by Gasteiger charge is -2.47. The van der Waals surface area contributed by atoms with Crippen LogP contribution in [0.25, 0.3) is 0 Å². The van der Waals surface area contributed by atoms with Crippen molar-refractivity contribution in [1.82, 2.24) is 9.80 Å². The van der Waals surface area contributed by atoms with Crippen molar-refractivity contribution >= 4 is 23.6 Å². The average molecular weight is 312 g/mol. The van der Waals surface area contributed by atoms with Gasteiger partial charge in [-0.15, -0.1) is 11.8 Å². The minimum absolute atomic E-state index is 0.01000. The van der Waals surface area contributed by atoms with Crippen LogP contribution in [0.1, 0.15) is 25.7 Å². The highest BCUT2D eigenvalue weighted by Gasteiger charge is 2.51. The Morgan fingerprint density at radius 3 is 2.67 bits per heavy atom. The summed E-state index contributed by atoms with van der Waals surface area (Å²) in [6.45, 7) is 1.90. The number of rotatable bonds is 5. The molecule has 3 aliphatic rings. The number of carbonyl (C=O) groups is 2. The molecule has 1 saturated carbocycles. The van der Waals surface area contributed by atoms with Crippen molar-refractivity contribution < 1.29 is 14.3 Å². The minimum atomic E-state index is 0.01000. The van der Waals surface area contributed by atoms with Crippen LogP contribution in [-0.4, -0.2) is 72.0 Å². The molecule has 1 spiro atoms. The number of carbonyl (C=O) groups excluding carboxylic acids is 2. The summed E-state index contributed by atoms with van der Waals surface area (Å²) in [5.74, 6) is 1.94. The molecule has 5 nitrogen and oxygen atoms in total. The maximum absolute atomic E-state index is 12.0. The predicted molar refractivity (Wildman–Crippen MR) is 82.2 cm³/mol. The van der Waals surface area contributed by atoms with E-state index in [1.54, 1.807) is 19.0 Å². The highest BCUT2D eigenvalue weighted by atomic mass is 32.2. The van der Waals surface area contributed by atoms with Crippen LogP contribution in [0, 0.1) is 5.92 Å². The van der Waals surface area contributed by atoms with Gasteiger partial charge in [0, 0.05) is 39.4 Å². The van der Waals surface area contributed by atoms with Crippen LogP contribution < -0.4 is 0 Å². The third kappa shape index (κ3) is 3.54. The second-order valence-electron chi connectivity index (χ2n) is 6.82. The number of ether oxygens (including phenoxy) is 1. The van der Waals surface area contributed by atoms with E-state index in [9.17, 15) is 9.59 Å². The largest absolute Gasteiger partial charge is 0.367 e. The summed E-state index contributed by atoms with van der Waals surface area (Å²) in [5, 5.41) is 0. The van der Waals surface area contributed by atoms with Gasteiger partial charge in [0.15, 0.2) is 0 Å². The molecule has 3 rings (SSSR count). The zero-order chi connectivity index (χ0) is 15.0. The fourth-order valence-corrected chi connectivity index (χ4v) is 4.52. The highest BCUT2D eigenvalue weighted by Crippen LogP contribution is 2.46. The molecule has 0 bridgehead atoms. The van der Waals surface area contributed by atoms with Crippen molar-refractivity contribution in [1.29, 1.82) is 0 Å². The Morgan fingerprint density at radius 2 is 2.05 bits per heavy atom. The molecule has 0 radical (unpaired) electrons. The van der Waals surface area contributed by atoms with Crippen LogP contribution in [0.2, 0.25) is 0 Å². The molecule has 2 heterocycles. The van der Waals surface area contributed by atoms with Crippen molar-refractivity contribution in [3.05, 3.63) is 0 Å². The van der Waals surface area contributed by atoms with Gasteiger partial charge < -0.3 is 14.5 Å². The van der Waals surface area contributed by atoms with Gasteiger partial charge in [-0.25, -0.2) is 0 Å². The second-order valence-corrected chi connectivity index (χ2v) is 8.30. The summed E-state index contributed by atoms with van der Waals surface area (Å²) in [4.78, 5) is 27.1. The Kier molecular flexibility index (Phi) is 4.19. The van der Waals surface area contributed by atoms with E-state index in [-0.39, 0.29) is 23.4 Å². The third-order valence-electron chi connectivity index (χ3n) is 4.59. The van der Waals surface area contributed by atoms with Crippen molar-refractivity contribution in [2.24, 2.45) is 5.92 Å². The number of hydrogen-bond donors (Lipinski definition) is 0. The molecule has 0 aromatic heterocycles. The quantitative estimate of drug-likeness (QED) is 0.759. The highest BCUT2D eigenvalue weighted by molar-refractivity contribution is 8.01. The van der Waals surface area contributed by atoms with Gasteiger partial charge in [0.1, 0.15) is 6.61 Å². The summed E-state index contributed by atoms with van der Waals surface area (Å²) in [7, 11) is 3.48. The number of likely N-dealkylation sites (tertiary alicyclic amines) is 1. The molecule has 0 N–H and O–H groups in total. The standard InChI is InChI=1S/C15H24N2O3S/c1-16(2)14(19)7-20-12-6-15(21-8-12)9-17(10-15)13(18)5-11-3-4-11/h11-12H,3-10H2,1-2H3. The van der Waals surface area contributed by atoms with Gasteiger partial charge in [0.25, 0.3) is 0 Å². The van der Waals surface area contributed by atoms with Crippen molar-refractivity contribution in [3.63, 3.8) is 0 Å². The molecule has 0 aromatic rings. The van der Waals surface area contributed by atoms with Gasteiger partial charge in [-0.1, -0.05) is 0 Å². The van der Waals surface area contributed by atoms with E-state index in [4.69, 9.17) is 4.74 Å². The first-order valence-electron chi connectivity index (χ1n) is 7.71. The van der Waals surface area contributed by atoms with Gasteiger partial charge in [0.2, 0.25) is 11.8 Å². The van der Waals surface area contributed by atoms with Crippen LogP contribution >= 0.6 is 11.8 Å². The summed E-state index contributed by atoms with van der Waals surface area (Å²) in [5.41, 5.74) is 0. The van der Waals surface area contributed by atoms with Crippen molar-refractivity contribution in [2.45, 2.75) is 36.5 Å². The number of amides is 2. The van der Waals surface area contributed by atoms with Crippen LogP contribution in [0.5, 0.6) is 0 Å². The Labute approximate surface area is 130 Å². The van der Waals surface area contributed by atoms with E-state index in [1.807, 2.05) is 16.7 Å². The molecule has 2 aliphatic heterocycles. The zero-order valence-corrected chi connectivity index (χ0v) is 13.7. The Morgan fingerprint density at radius 1 is 1.33 bits per heavy atom. The van der Waals surface area contributed by atoms with Gasteiger partial charge in [-0.05, 0) is 25.2 Å². The molecule has 2 saturated heterocycles. The molecule has 1 atom stereocenters. The number of hydrogen-bond acceptors (Lipinski definition) is 4. The zero-order valence-electron chi connectivity index (χ0n) is 12.8. The first-order chi connectivity index (χ1) is 9.97. The topological polar surface area (TPSA) is 49.9 Å². The maximum Gasteiger partial charge on any atom is 0.248 e. The first kappa shape index (κ1) is 15.2. The van der Waals surface area contributed by atoms with Crippen molar-refractivity contribution in [3.8, 4) is 0 Å². The van der Waals surface area contributed by atoms with Gasteiger partial charge in [0.05, 0.1) is 10.9 Å². The fraction of sp³-hybridized carbons (Fsp3) is 0.867. The van der Waals surface area contributed by atoms with E-state index in [0.29, 0.717) is 11.8 Å². The molecule has 1 unspecified atom stereocenters. The summed E-state index contributed by atoms with van der Waals surface area (Å²) in [6, 6.07) is 0. The van der Waals surface area contributed by atoms with Crippen LogP contribution in [-0.2, 0) is 14.3 Å². The van der Waals surface area contributed by atoms with Gasteiger partial charge in [-0.3, -0.25) is 9.59 Å². The SMILES string of the molecule is CN(C)C(=O)COC1CSC2(C1)CN(C(=O)CC1CC1)C2. The van der Waals surface area contributed by atoms with Crippen molar-refractivity contribution in [2.75, 3.05) is 39.5 Å². The molecule has 21 heavy (non-hydrogen) atoms. The fourth-order valence-electron chi connectivity index (χ4n) is 2.97. The van der Waals surface area contributed by atoms with E-state index < -0.39 is 0 Å². The van der Waals surface area contributed by atoms with E-state index in [0.717, 1.165) is 31.7 Å². The molecule has 6 heteroatoms. The third-order valence-corrected chi connectivity index (χ3v) is 6.16. The molecule has 118 valence electrons. The summed E-state index contributed by atoms with van der Waals surface area (Å²) >= 11 is 1.91. The second kappa shape index (κ2) is 5.80. The normalized spacial score (nSPS) is 26.8. The monoisotopic (exact) mass is 312 g/mol. The van der Waals surface area contributed by atoms with Gasteiger partial charge >= 0.3 is 0 Å². The maximum atomic E-state index is 12.0. The Balaban J connectivity index is 1.39. The summed E-state index contributed by atoms with van der Waals surface area (Å²) in [6.07, 6.45) is 4.33. The molecule has 3 fully saturated rings. The number of likely N-dealkylation sites (N-methyl/N-ethyl adjacent to an activating group) is 1. The minimum Gasteiger partial charge on any atom is -0.367 e. The average Bonchev–Trinajstić information content (AvgIpc) is 3.10. The molecule has 2 amide bonds. The van der Waals surface area contributed by atoms with Crippen LogP contribution in [0.4, 0.5) is 0 Å². The first-order valence-corrected chi connectivity index (χ1v) is 8.69. The molecule has 1 aliphatic carbocycles. The smallest absolute Gasteiger partial charge is 0.248 e. The number of nitrogens with zero attached hydrogens (tertiary/aromatic N) is 2. The molecular weight excluding hydrogens is 288 g/mol.